The highest BCUT2D eigenvalue weighted by Crippen LogP contribution is 2.59. The smallest absolute Gasteiger partial charge is 0.359 e. The molecule has 13 nitrogen and oxygen atoms in total. The number of anilines is 1. The first kappa shape index (κ1) is 38.7. The average Bonchev–Trinajstić information content (AvgIpc) is 3.76. The van der Waals surface area contributed by atoms with Crippen LogP contribution in [0.25, 0.3) is 21.2 Å². The summed E-state index contributed by atoms with van der Waals surface area (Å²) in [7, 11) is -4.31. The Morgan fingerprint density at radius 1 is 0.963 bits per heavy atom. The third-order valence-corrected chi connectivity index (χ3v) is 11.9. The molecule has 1 aromatic heterocycles. The molecule has 2 fully saturated rings. The number of benzene rings is 3. The number of halogens is 2. The Hall–Kier alpha value is -5.02. The van der Waals surface area contributed by atoms with E-state index in [0.717, 1.165) is 34.6 Å². The molecule has 54 heavy (non-hydrogen) atoms. The number of hydrogen-bond donors (Lipinski definition) is 5. The predicted octanol–water partition coefficient (Wildman–Crippen LogP) is 4.43. The van der Waals surface area contributed by atoms with Crippen LogP contribution in [-0.2, 0) is 35.8 Å². The van der Waals surface area contributed by atoms with E-state index in [1.165, 1.54) is 35.9 Å². The SMILES string of the molecule is CNC(=O)Cc1cc(-c2ccccc2)ccc1NC(=O)[C@@H]1CC[C@@H]2CCN(C(C)=O)CC(NC(=O)c3cc4cc(C(F)(F)P(=O)(O)O)ccc4s3)C(=O)N21. The standard InChI is InChI=1S/C37H38F2N5O8PS/c1-21(45)43-15-14-27-10-12-30(34(47)41-28-11-8-23(22-6-4-3-5-7-22)16-24(28)19-33(46)40-2)44(27)36(49)29(20-43)42-35(48)32-18-25-17-26(9-13-31(25)54-32)37(38,39)53(50,51)52/h3-9,11,13,16-18,27,29-30H,10,12,14-15,19-20H2,1-2H3,(H,40,46)(H,41,47)(H,42,48)(H2,50,51,52)/t27-,29?,30+/m1/s1. The van der Waals surface area contributed by atoms with E-state index in [-0.39, 0.29) is 41.6 Å². The summed E-state index contributed by atoms with van der Waals surface area (Å²) in [6.45, 7) is 1.43. The van der Waals surface area contributed by atoms with E-state index in [2.05, 4.69) is 16.0 Å². The van der Waals surface area contributed by atoms with Gasteiger partial charge in [-0.05, 0) is 71.7 Å². The Bertz CT molecular complexity index is 2180. The first-order valence-electron chi connectivity index (χ1n) is 17.1. The lowest BCUT2D eigenvalue weighted by Gasteiger charge is -2.38. The molecule has 5 amide bonds. The molecule has 0 radical (unpaired) electrons. The number of fused-ring (bicyclic) bond motifs is 2. The number of hydrogen-bond acceptors (Lipinski definition) is 7. The molecule has 2 saturated heterocycles. The maximum absolute atomic E-state index is 14.4. The number of amides is 5. The number of nitrogens with one attached hydrogen (secondary N) is 3. The predicted molar refractivity (Wildman–Crippen MR) is 198 cm³/mol. The number of carbonyl (C=O) groups excluding carboxylic acids is 5. The molecule has 17 heteroatoms. The Kier molecular flexibility index (Phi) is 11.0. The molecule has 5 N–H and O–H groups in total. The molecule has 2 aliphatic heterocycles. The molecule has 0 saturated carbocycles. The van der Waals surface area contributed by atoms with Gasteiger partial charge in [0.05, 0.1) is 11.3 Å². The second-order valence-corrected chi connectivity index (χ2v) is 16.0. The van der Waals surface area contributed by atoms with Crippen LogP contribution in [0.3, 0.4) is 0 Å². The normalized spacial score (nSPS) is 19.1. The highest BCUT2D eigenvalue weighted by Gasteiger charge is 2.50. The van der Waals surface area contributed by atoms with Gasteiger partial charge >= 0.3 is 13.3 Å². The zero-order valence-electron chi connectivity index (χ0n) is 29.3. The lowest BCUT2D eigenvalue weighted by atomic mass is 9.99. The Morgan fingerprint density at radius 2 is 1.70 bits per heavy atom. The lowest BCUT2D eigenvalue weighted by molar-refractivity contribution is -0.143. The largest absolute Gasteiger partial charge is 0.399 e. The number of nitrogens with zero attached hydrogens (tertiary/aromatic N) is 2. The van der Waals surface area contributed by atoms with E-state index in [9.17, 15) is 37.3 Å². The van der Waals surface area contributed by atoms with Gasteiger partial charge in [0.15, 0.2) is 0 Å². The fourth-order valence-corrected chi connectivity index (χ4v) is 8.34. The van der Waals surface area contributed by atoms with Crippen molar-refractivity contribution in [2.45, 2.75) is 56.4 Å². The Morgan fingerprint density at radius 3 is 2.39 bits per heavy atom. The molecule has 1 unspecified atom stereocenters. The summed E-state index contributed by atoms with van der Waals surface area (Å²) < 4.78 is 40.6. The van der Waals surface area contributed by atoms with Crippen LogP contribution in [0.5, 0.6) is 0 Å². The monoisotopic (exact) mass is 781 g/mol. The number of alkyl halides is 2. The van der Waals surface area contributed by atoms with Gasteiger partial charge in [-0.3, -0.25) is 28.5 Å². The van der Waals surface area contributed by atoms with Crippen molar-refractivity contribution in [2.24, 2.45) is 0 Å². The zero-order chi connectivity index (χ0) is 38.9. The van der Waals surface area contributed by atoms with E-state index in [1.807, 2.05) is 42.5 Å². The van der Waals surface area contributed by atoms with Gasteiger partial charge in [-0.1, -0.05) is 42.5 Å². The number of carbonyl (C=O) groups is 5. The van der Waals surface area contributed by atoms with Gasteiger partial charge in [0.2, 0.25) is 23.6 Å². The van der Waals surface area contributed by atoms with Crippen LogP contribution in [0, 0.1) is 0 Å². The van der Waals surface area contributed by atoms with Gasteiger partial charge in [-0.15, -0.1) is 11.3 Å². The molecule has 3 atom stereocenters. The molecule has 0 spiro atoms. The van der Waals surface area contributed by atoms with Gasteiger partial charge in [-0.2, -0.15) is 8.78 Å². The highest BCUT2D eigenvalue weighted by atomic mass is 32.1. The van der Waals surface area contributed by atoms with Crippen LogP contribution in [0.1, 0.15) is 47.0 Å². The molecule has 284 valence electrons. The van der Waals surface area contributed by atoms with E-state index in [1.54, 1.807) is 6.07 Å². The van der Waals surface area contributed by atoms with Crippen molar-refractivity contribution in [2.75, 3.05) is 25.5 Å². The fraction of sp³-hybridized carbons (Fsp3) is 0.324. The van der Waals surface area contributed by atoms with Crippen LogP contribution in [0.4, 0.5) is 14.5 Å². The second-order valence-electron chi connectivity index (χ2n) is 13.3. The van der Waals surface area contributed by atoms with E-state index < -0.39 is 54.7 Å². The van der Waals surface area contributed by atoms with Gasteiger partial charge in [-0.25, -0.2) is 0 Å². The highest BCUT2D eigenvalue weighted by molar-refractivity contribution is 7.52. The fourth-order valence-electron chi connectivity index (χ4n) is 6.91. The summed E-state index contributed by atoms with van der Waals surface area (Å²) in [6, 6.07) is 16.6. The van der Waals surface area contributed by atoms with Gasteiger partial charge in [0.1, 0.15) is 12.1 Å². The van der Waals surface area contributed by atoms with Crippen molar-refractivity contribution in [3.8, 4) is 11.1 Å². The third kappa shape index (κ3) is 7.92. The van der Waals surface area contributed by atoms with Crippen molar-refractivity contribution in [3.05, 3.63) is 88.8 Å². The molecule has 0 bridgehead atoms. The van der Waals surface area contributed by atoms with E-state index in [4.69, 9.17) is 9.79 Å². The van der Waals surface area contributed by atoms with Crippen LogP contribution >= 0.6 is 18.9 Å². The van der Waals surface area contributed by atoms with Crippen molar-refractivity contribution in [3.63, 3.8) is 0 Å². The summed E-state index contributed by atoms with van der Waals surface area (Å²) >= 11 is 0.922. The minimum Gasteiger partial charge on any atom is -0.359 e. The Labute approximate surface area is 312 Å². The van der Waals surface area contributed by atoms with Crippen molar-refractivity contribution >= 4 is 64.2 Å². The molecular formula is C37H38F2N5O8PS. The summed E-state index contributed by atoms with van der Waals surface area (Å²) in [5.41, 5.74) is -2.62. The maximum atomic E-state index is 14.4. The molecular weight excluding hydrogens is 743 g/mol. The van der Waals surface area contributed by atoms with Crippen LogP contribution < -0.4 is 16.0 Å². The number of thiophene rings is 1. The molecule has 3 heterocycles. The first-order valence-corrected chi connectivity index (χ1v) is 19.6. The molecule has 2 aliphatic rings. The first-order chi connectivity index (χ1) is 25.6. The average molecular weight is 782 g/mol. The maximum Gasteiger partial charge on any atom is 0.399 e. The zero-order valence-corrected chi connectivity index (χ0v) is 31.0. The van der Waals surface area contributed by atoms with Gasteiger partial charge < -0.3 is 35.5 Å². The topological polar surface area (TPSA) is 185 Å². The minimum absolute atomic E-state index is 0.0111. The van der Waals surface area contributed by atoms with Crippen LogP contribution in [-0.4, -0.2) is 87.4 Å². The lowest BCUT2D eigenvalue weighted by Crippen LogP contribution is -2.60. The minimum atomic E-state index is -5.83. The van der Waals surface area contributed by atoms with Crippen LogP contribution in [0.2, 0.25) is 0 Å². The Balaban J connectivity index is 1.25. The summed E-state index contributed by atoms with van der Waals surface area (Å²) in [5, 5.41) is 8.36. The quantitative estimate of drug-likeness (QED) is 0.155. The summed E-state index contributed by atoms with van der Waals surface area (Å²) in [6.07, 6.45) is 1.17. The summed E-state index contributed by atoms with van der Waals surface area (Å²) in [5.74, 6) is -2.37. The number of rotatable bonds is 9. The number of likely N-dealkylation sites (N-methyl/N-ethyl adjacent to an activating group) is 1. The molecule has 6 rings (SSSR count). The van der Waals surface area contributed by atoms with Gasteiger partial charge in [0, 0.05) is 49.1 Å². The summed E-state index contributed by atoms with van der Waals surface area (Å²) in [4.78, 5) is 88.3. The van der Waals surface area contributed by atoms with E-state index >= 15 is 0 Å². The van der Waals surface area contributed by atoms with Crippen LogP contribution in [0.15, 0.2) is 72.8 Å². The van der Waals surface area contributed by atoms with Crippen molar-refractivity contribution in [1.29, 1.82) is 0 Å². The van der Waals surface area contributed by atoms with Crippen molar-refractivity contribution in [1.82, 2.24) is 20.4 Å². The third-order valence-electron chi connectivity index (χ3n) is 9.80. The van der Waals surface area contributed by atoms with Gasteiger partial charge in [0.25, 0.3) is 5.91 Å². The molecule has 0 aliphatic carbocycles. The molecule has 3 aromatic carbocycles. The van der Waals surface area contributed by atoms with Crippen molar-refractivity contribution < 1.29 is 47.1 Å². The molecule has 4 aromatic rings. The second kappa shape index (κ2) is 15.4. The van der Waals surface area contributed by atoms with E-state index in [0.29, 0.717) is 35.2 Å².